The molecule has 0 atom stereocenters. The van der Waals surface area contributed by atoms with Gasteiger partial charge in [-0.25, -0.2) is 0 Å². The Kier molecular flexibility index (Phi) is 7.10. The van der Waals surface area contributed by atoms with Gasteiger partial charge >= 0.3 is 0 Å². The number of hydrogen-bond acceptors (Lipinski definition) is 5. The molecule has 1 N–H and O–H groups in total. The van der Waals surface area contributed by atoms with E-state index in [0.29, 0.717) is 11.8 Å². The third-order valence-electron chi connectivity index (χ3n) is 5.07. The smallest absolute Gasteiger partial charge is 0.234 e. The van der Waals surface area contributed by atoms with Crippen molar-refractivity contribution in [2.45, 2.75) is 25.9 Å². The van der Waals surface area contributed by atoms with Crippen LogP contribution in [-0.4, -0.2) is 33.0 Å². The average molecular weight is 459 g/mol. The molecule has 0 bridgehead atoms. The largest absolute Gasteiger partial charge is 0.494 e. The Balaban J connectivity index is 1.59. The minimum atomic E-state index is -0.0868. The van der Waals surface area contributed by atoms with Crippen molar-refractivity contribution in [3.05, 3.63) is 83.9 Å². The zero-order valence-corrected chi connectivity index (χ0v) is 19.7. The molecule has 33 heavy (non-hydrogen) atoms. The second kappa shape index (κ2) is 10.4. The first-order chi connectivity index (χ1) is 16.0. The van der Waals surface area contributed by atoms with E-state index in [0.717, 1.165) is 39.6 Å². The maximum atomic E-state index is 12.7. The molecular formula is C26H26N4O2S. The lowest BCUT2D eigenvalue weighted by atomic mass is 10.1. The highest BCUT2D eigenvalue weighted by molar-refractivity contribution is 7.99. The Labute approximate surface area is 198 Å². The van der Waals surface area contributed by atoms with E-state index in [-0.39, 0.29) is 11.7 Å². The lowest BCUT2D eigenvalue weighted by Gasteiger charge is -2.12. The first-order valence-corrected chi connectivity index (χ1v) is 11.8. The van der Waals surface area contributed by atoms with E-state index in [2.05, 4.69) is 15.5 Å². The average Bonchev–Trinajstić information content (AvgIpc) is 3.25. The number of thioether (sulfide) groups is 1. The van der Waals surface area contributed by atoms with E-state index in [1.807, 2.05) is 98.1 Å². The van der Waals surface area contributed by atoms with Gasteiger partial charge in [0.25, 0.3) is 0 Å². The van der Waals surface area contributed by atoms with Crippen LogP contribution in [-0.2, 0) is 4.79 Å². The monoisotopic (exact) mass is 458 g/mol. The van der Waals surface area contributed by atoms with Crippen molar-refractivity contribution in [2.75, 3.05) is 17.7 Å². The van der Waals surface area contributed by atoms with Gasteiger partial charge in [-0.1, -0.05) is 54.2 Å². The van der Waals surface area contributed by atoms with Gasteiger partial charge in [0, 0.05) is 16.9 Å². The number of aryl methyl sites for hydroxylation is 2. The highest BCUT2D eigenvalue weighted by Crippen LogP contribution is 2.29. The summed E-state index contributed by atoms with van der Waals surface area (Å²) in [5, 5.41) is 12.5. The zero-order valence-electron chi connectivity index (χ0n) is 18.9. The Morgan fingerprint density at radius 3 is 2.48 bits per heavy atom. The standard InChI is InChI=1S/C26H26N4O2S/c1-4-32-22-14-12-21(13-15-22)30-25(20-8-6-5-7-9-20)28-29-26(30)33-17-24(31)27-23-16-18(2)10-11-19(23)3/h5-16H,4,17H2,1-3H3,(H,27,31). The molecule has 0 aliphatic rings. The number of aromatic nitrogens is 3. The Morgan fingerprint density at radius 2 is 1.76 bits per heavy atom. The van der Waals surface area contributed by atoms with Crippen molar-refractivity contribution in [1.29, 1.82) is 0 Å². The first kappa shape index (κ1) is 22.6. The quantitative estimate of drug-likeness (QED) is 0.344. The summed E-state index contributed by atoms with van der Waals surface area (Å²) in [5.41, 5.74) is 4.82. The van der Waals surface area contributed by atoms with Gasteiger partial charge in [-0.3, -0.25) is 9.36 Å². The Hall–Kier alpha value is -3.58. The first-order valence-electron chi connectivity index (χ1n) is 10.8. The highest BCUT2D eigenvalue weighted by atomic mass is 32.2. The van der Waals surface area contributed by atoms with Crippen LogP contribution < -0.4 is 10.1 Å². The number of carbonyl (C=O) groups is 1. The topological polar surface area (TPSA) is 69.0 Å². The van der Waals surface area contributed by atoms with Gasteiger partial charge in [0.1, 0.15) is 5.75 Å². The van der Waals surface area contributed by atoms with Crippen LogP contribution in [0.1, 0.15) is 18.1 Å². The molecule has 0 radical (unpaired) electrons. The van der Waals surface area contributed by atoms with E-state index in [4.69, 9.17) is 4.74 Å². The predicted octanol–water partition coefficient (Wildman–Crippen LogP) is 5.68. The second-order valence-corrected chi connectivity index (χ2v) is 8.53. The molecule has 0 saturated carbocycles. The van der Waals surface area contributed by atoms with E-state index in [1.54, 1.807) is 0 Å². The summed E-state index contributed by atoms with van der Waals surface area (Å²) in [6.07, 6.45) is 0. The van der Waals surface area contributed by atoms with Crippen molar-refractivity contribution in [2.24, 2.45) is 0 Å². The van der Waals surface area contributed by atoms with Crippen LogP contribution >= 0.6 is 11.8 Å². The number of rotatable bonds is 8. The van der Waals surface area contributed by atoms with Crippen LogP contribution in [0, 0.1) is 13.8 Å². The van der Waals surface area contributed by atoms with Crippen LogP contribution in [0.3, 0.4) is 0 Å². The van der Waals surface area contributed by atoms with Crippen LogP contribution in [0.4, 0.5) is 5.69 Å². The van der Waals surface area contributed by atoms with E-state index in [1.165, 1.54) is 11.8 Å². The molecule has 1 aromatic heterocycles. The SMILES string of the molecule is CCOc1ccc(-n2c(SCC(=O)Nc3cc(C)ccc3C)nnc2-c2ccccc2)cc1. The second-order valence-electron chi connectivity index (χ2n) is 7.59. The molecule has 0 saturated heterocycles. The fourth-order valence-electron chi connectivity index (χ4n) is 3.42. The lowest BCUT2D eigenvalue weighted by Crippen LogP contribution is -2.15. The van der Waals surface area contributed by atoms with Crippen molar-refractivity contribution >= 4 is 23.4 Å². The molecule has 1 heterocycles. The summed E-state index contributed by atoms with van der Waals surface area (Å²) in [4.78, 5) is 12.7. The number of amides is 1. The summed E-state index contributed by atoms with van der Waals surface area (Å²) in [6, 6.07) is 23.7. The zero-order chi connectivity index (χ0) is 23.2. The van der Waals surface area contributed by atoms with Crippen molar-refractivity contribution in [3.8, 4) is 22.8 Å². The van der Waals surface area contributed by atoms with Gasteiger partial charge in [-0.15, -0.1) is 10.2 Å². The molecule has 7 heteroatoms. The molecule has 1 amide bonds. The van der Waals surface area contributed by atoms with Gasteiger partial charge < -0.3 is 10.1 Å². The van der Waals surface area contributed by atoms with Crippen LogP contribution in [0.25, 0.3) is 17.1 Å². The Bertz CT molecular complexity index is 1240. The normalized spacial score (nSPS) is 10.8. The molecule has 0 aliphatic heterocycles. The number of hydrogen-bond donors (Lipinski definition) is 1. The van der Waals surface area contributed by atoms with E-state index < -0.39 is 0 Å². The van der Waals surface area contributed by atoms with Crippen LogP contribution in [0.5, 0.6) is 5.75 Å². The number of nitrogens with zero attached hydrogens (tertiary/aromatic N) is 3. The molecule has 3 aromatic carbocycles. The fourth-order valence-corrected chi connectivity index (χ4v) is 4.17. The molecule has 0 unspecified atom stereocenters. The summed E-state index contributed by atoms with van der Waals surface area (Å²) in [6.45, 7) is 6.56. The highest BCUT2D eigenvalue weighted by Gasteiger charge is 2.17. The minimum Gasteiger partial charge on any atom is -0.494 e. The Morgan fingerprint density at radius 1 is 1.00 bits per heavy atom. The molecular weight excluding hydrogens is 432 g/mol. The molecule has 4 rings (SSSR count). The molecule has 0 aliphatic carbocycles. The summed E-state index contributed by atoms with van der Waals surface area (Å²) in [5.74, 6) is 1.66. The summed E-state index contributed by atoms with van der Waals surface area (Å²) in [7, 11) is 0. The van der Waals surface area contributed by atoms with Gasteiger partial charge in [0.05, 0.1) is 12.4 Å². The van der Waals surface area contributed by atoms with Crippen molar-refractivity contribution in [1.82, 2.24) is 14.8 Å². The number of nitrogens with one attached hydrogen (secondary N) is 1. The predicted molar refractivity (Wildman–Crippen MR) is 133 cm³/mol. The third kappa shape index (κ3) is 5.43. The van der Waals surface area contributed by atoms with Gasteiger partial charge in [-0.2, -0.15) is 0 Å². The van der Waals surface area contributed by atoms with Crippen molar-refractivity contribution in [3.63, 3.8) is 0 Å². The summed E-state index contributed by atoms with van der Waals surface area (Å²) < 4.78 is 7.55. The molecule has 4 aromatic rings. The van der Waals surface area contributed by atoms with Gasteiger partial charge in [0.15, 0.2) is 11.0 Å². The maximum Gasteiger partial charge on any atom is 0.234 e. The number of anilines is 1. The number of benzene rings is 3. The van der Waals surface area contributed by atoms with E-state index in [9.17, 15) is 4.79 Å². The molecule has 168 valence electrons. The fraction of sp³-hybridized carbons (Fsp3) is 0.192. The number of carbonyl (C=O) groups excluding carboxylic acids is 1. The molecule has 0 spiro atoms. The molecule has 6 nitrogen and oxygen atoms in total. The maximum absolute atomic E-state index is 12.7. The lowest BCUT2D eigenvalue weighted by molar-refractivity contribution is -0.113. The van der Waals surface area contributed by atoms with Crippen LogP contribution in [0.15, 0.2) is 78.0 Å². The molecule has 0 fully saturated rings. The van der Waals surface area contributed by atoms with Crippen molar-refractivity contribution < 1.29 is 9.53 Å². The van der Waals surface area contributed by atoms with Gasteiger partial charge in [-0.05, 0) is 62.2 Å². The van der Waals surface area contributed by atoms with Crippen LogP contribution in [0.2, 0.25) is 0 Å². The minimum absolute atomic E-state index is 0.0868. The summed E-state index contributed by atoms with van der Waals surface area (Å²) >= 11 is 1.36. The third-order valence-corrected chi connectivity index (χ3v) is 6.00. The number of ether oxygens (including phenoxy) is 1. The van der Waals surface area contributed by atoms with Gasteiger partial charge in [0.2, 0.25) is 5.91 Å². The van der Waals surface area contributed by atoms with E-state index >= 15 is 0 Å².